The lowest BCUT2D eigenvalue weighted by Gasteiger charge is -2.32. The minimum atomic E-state index is -0.745. The molecule has 0 bridgehead atoms. The van der Waals surface area contributed by atoms with Crippen molar-refractivity contribution in [3.8, 4) is 6.07 Å². The first kappa shape index (κ1) is 21.0. The normalized spacial score (nSPS) is 28.3. The highest BCUT2D eigenvalue weighted by molar-refractivity contribution is 5.22. The summed E-state index contributed by atoms with van der Waals surface area (Å²) >= 11 is 0. The number of halogens is 2. The van der Waals surface area contributed by atoms with E-state index in [0.29, 0.717) is 5.92 Å². The Morgan fingerprint density at radius 3 is 1.96 bits per heavy atom. The Kier molecular flexibility index (Phi) is 8.07. The number of rotatable bonds is 7. The van der Waals surface area contributed by atoms with Crippen LogP contribution in [0.2, 0.25) is 0 Å². The zero-order valence-electron chi connectivity index (χ0n) is 16.9. The number of allylic oxidation sites excluding steroid dienone is 2. The van der Waals surface area contributed by atoms with Crippen molar-refractivity contribution in [3.63, 3.8) is 0 Å². The molecule has 2 saturated carbocycles. The van der Waals surface area contributed by atoms with Gasteiger partial charge in [-0.1, -0.05) is 50.7 Å². The van der Waals surface area contributed by atoms with Crippen molar-refractivity contribution in [1.29, 1.82) is 5.26 Å². The summed E-state index contributed by atoms with van der Waals surface area (Å²) in [7, 11) is 0. The Hall–Kier alpha value is -1.69. The summed E-state index contributed by atoms with van der Waals surface area (Å²) in [4.78, 5) is 0. The predicted molar refractivity (Wildman–Crippen MR) is 110 cm³/mol. The molecule has 2 aliphatic carbocycles. The molecule has 3 heteroatoms. The highest BCUT2D eigenvalue weighted by Crippen LogP contribution is 2.40. The smallest absolute Gasteiger partial charge is 0.159 e. The molecule has 0 heterocycles. The van der Waals surface area contributed by atoms with Crippen molar-refractivity contribution in [2.75, 3.05) is 0 Å². The van der Waals surface area contributed by atoms with Crippen LogP contribution in [-0.4, -0.2) is 0 Å². The Morgan fingerprint density at radius 1 is 0.821 bits per heavy atom. The third-order valence-corrected chi connectivity index (χ3v) is 7.15. The molecule has 0 spiro atoms. The van der Waals surface area contributed by atoms with Crippen LogP contribution in [0.3, 0.4) is 0 Å². The summed E-state index contributed by atoms with van der Waals surface area (Å²) in [5.74, 6) is 1.51. The van der Waals surface area contributed by atoms with Gasteiger partial charge in [0.05, 0.1) is 6.07 Å². The van der Waals surface area contributed by atoms with Crippen molar-refractivity contribution < 1.29 is 8.78 Å². The first-order valence-electron chi connectivity index (χ1n) is 11.1. The van der Waals surface area contributed by atoms with Gasteiger partial charge in [0.15, 0.2) is 11.6 Å². The highest BCUT2D eigenvalue weighted by Gasteiger charge is 2.25. The van der Waals surface area contributed by atoms with Crippen LogP contribution in [0.15, 0.2) is 30.4 Å². The van der Waals surface area contributed by atoms with Crippen LogP contribution in [0.25, 0.3) is 0 Å². The van der Waals surface area contributed by atoms with Crippen molar-refractivity contribution in [1.82, 2.24) is 0 Å². The molecule has 0 atom stereocenters. The second-order valence-corrected chi connectivity index (χ2v) is 8.96. The van der Waals surface area contributed by atoms with E-state index >= 15 is 0 Å². The third-order valence-electron chi connectivity index (χ3n) is 7.15. The molecule has 2 aliphatic rings. The summed E-state index contributed by atoms with van der Waals surface area (Å²) in [6.45, 7) is 0. The molecule has 1 nitrogen and oxygen atoms in total. The molecule has 3 rings (SSSR count). The molecule has 0 aliphatic heterocycles. The zero-order valence-corrected chi connectivity index (χ0v) is 16.9. The van der Waals surface area contributed by atoms with Crippen LogP contribution in [0.4, 0.5) is 8.78 Å². The van der Waals surface area contributed by atoms with Gasteiger partial charge in [0.2, 0.25) is 0 Å². The van der Waals surface area contributed by atoms with Gasteiger partial charge in [-0.15, -0.1) is 0 Å². The van der Waals surface area contributed by atoms with Crippen LogP contribution < -0.4 is 0 Å². The number of benzene rings is 1. The van der Waals surface area contributed by atoms with Crippen molar-refractivity contribution >= 4 is 0 Å². The SMILES string of the molecule is N#C/C=C/CCC1CCC(CCC2CCC(c3ccc(F)c(F)c3)CC2)CC1. The third kappa shape index (κ3) is 6.16. The van der Waals surface area contributed by atoms with E-state index in [2.05, 4.69) is 6.07 Å². The van der Waals surface area contributed by atoms with E-state index in [1.54, 1.807) is 12.1 Å². The van der Waals surface area contributed by atoms with Gasteiger partial charge in [-0.3, -0.25) is 0 Å². The molecule has 1 aromatic rings. The van der Waals surface area contributed by atoms with E-state index in [1.807, 2.05) is 6.08 Å². The Labute approximate surface area is 168 Å². The summed E-state index contributed by atoms with van der Waals surface area (Å²) in [6, 6.07) is 6.49. The van der Waals surface area contributed by atoms with Gasteiger partial charge in [-0.25, -0.2) is 8.78 Å². The molecule has 1 aromatic carbocycles. The standard InChI is InChI=1S/C25H33F2N/c26-24-16-15-23(18-25(24)27)22-13-11-21(12-14-22)10-9-20-7-5-19(6-8-20)4-2-1-3-17-28/h1,3,15-16,18-22H,2,4-14H2/b3-1+. The average Bonchev–Trinajstić information content (AvgIpc) is 2.73. The van der Waals surface area contributed by atoms with E-state index in [4.69, 9.17) is 5.26 Å². The summed E-state index contributed by atoms with van der Waals surface area (Å²) in [6.07, 6.45) is 18.7. The van der Waals surface area contributed by atoms with Crippen LogP contribution >= 0.6 is 0 Å². The van der Waals surface area contributed by atoms with Gasteiger partial charge in [0.1, 0.15) is 0 Å². The molecule has 152 valence electrons. The molecule has 28 heavy (non-hydrogen) atoms. The molecule has 0 saturated heterocycles. The summed E-state index contributed by atoms with van der Waals surface area (Å²) in [5.41, 5.74) is 0.972. The molecule has 0 radical (unpaired) electrons. The molecular weight excluding hydrogens is 352 g/mol. The van der Waals surface area contributed by atoms with E-state index < -0.39 is 11.6 Å². The molecule has 0 aromatic heterocycles. The maximum Gasteiger partial charge on any atom is 0.159 e. The topological polar surface area (TPSA) is 23.8 Å². The molecule has 2 fully saturated rings. The van der Waals surface area contributed by atoms with E-state index in [-0.39, 0.29) is 0 Å². The number of hydrogen-bond acceptors (Lipinski definition) is 1. The maximum atomic E-state index is 13.5. The van der Waals surface area contributed by atoms with Crippen LogP contribution in [-0.2, 0) is 0 Å². The van der Waals surface area contributed by atoms with Gasteiger partial charge < -0.3 is 0 Å². The van der Waals surface area contributed by atoms with Gasteiger partial charge in [0.25, 0.3) is 0 Å². The predicted octanol–water partition coefficient (Wildman–Crippen LogP) is 7.69. The van der Waals surface area contributed by atoms with Crippen LogP contribution in [0.5, 0.6) is 0 Å². The Balaban J connectivity index is 1.32. The summed E-state index contributed by atoms with van der Waals surface area (Å²) in [5, 5.41) is 8.53. The minimum absolute atomic E-state index is 0.400. The van der Waals surface area contributed by atoms with E-state index in [0.717, 1.165) is 42.6 Å². The van der Waals surface area contributed by atoms with Crippen LogP contribution in [0, 0.1) is 40.7 Å². The number of nitriles is 1. The quantitative estimate of drug-likeness (QED) is 0.441. The van der Waals surface area contributed by atoms with E-state index in [9.17, 15) is 8.78 Å². The first-order chi connectivity index (χ1) is 13.7. The lowest BCUT2D eigenvalue weighted by atomic mass is 9.74. The molecule has 0 N–H and O–H groups in total. The van der Waals surface area contributed by atoms with Gasteiger partial charge >= 0.3 is 0 Å². The Bertz CT molecular complexity index is 674. The molecule has 0 amide bonds. The van der Waals surface area contributed by atoms with Crippen LogP contribution in [0.1, 0.15) is 88.5 Å². The fraction of sp³-hybridized carbons (Fsp3) is 0.640. The number of nitrogens with zero attached hydrogens (tertiary/aromatic N) is 1. The van der Waals surface area contributed by atoms with Crippen molar-refractivity contribution in [3.05, 3.63) is 47.5 Å². The zero-order chi connectivity index (χ0) is 19.8. The molecular formula is C25H33F2N. The number of hydrogen-bond donors (Lipinski definition) is 0. The Morgan fingerprint density at radius 2 is 1.39 bits per heavy atom. The molecule has 0 unspecified atom stereocenters. The fourth-order valence-corrected chi connectivity index (χ4v) is 5.30. The maximum absolute atomic E-state index is 13.5. The lowest BCUT2D eigenvalue weighted by molar-refractivity contribution is 0.225. The van der Waals surface area contributed by atoms with Crippen molar-refractivity contribution in [2.24, 2.45) is 17.8 Å². The van der Waals surface area contributed by atoms with Gasteiger partial charge in [-0.05, 0) is 79.9 Å². The summed E-state index contributed by atoms with van der Waals surface area (Å²) < 4.78 is 26.6. The second kappa shape index (κ2) is 10.7. The lowest BCUT2D eigenvalue weighted by Crippen LogP contribution is -2.18. The van der Waals surface area contributed by atoms with Crippen molar-refractivity contribution in [2.45, 2.75) is 83.0 Å². The van der Waals surface area contributed by atoms with Gasteiger partial charge in [-0.2, -0.15) is 5.26 Å². The second-order valence-electron chi connectivity index (χ2n) is 8.96. The largest absolute Gasteiger partial charge is 0.204 e. The fourth-order valence-electron chi connectivity index (χ4n) is 5.30. The highest BCUT2D eigenvalue weighted by atomic mass is 19.2. The van der Waals surface area contributed by atoms with Gasteiger partial charge in [0, 0.05) is 6.08 Å². The minimum Gasteiger partial charge on any atom is -0.204 e. The first-order valence-corrected chi connectivity index (χ1v) is 11.1. The average molecular weight is 386 g/mol. The van der Waals surface area contributed by atoms with E-state index in [1.165, 1.54) is 69.9 Å². The monoisotopic (exact) mass is 385 g/mol.